The normalized spacial score (nSPS) is 22.4. The molecule has 3 N–H and O–H groups in total. The van der Waals surface area contributed by atoms with Crippen LogP contribution in [0.4, 0.5) is 11.8 Å². The number of carbonyl (C=O) groups is 1. The summed E-state index contributed by atoms with van der Waals surface area (Å²) in [5, 5.41) is 2.87. The van der Waals surface area contributed by atoms with Crippen LogP contribution in [0.1, 0.15) is 50.8 Å². The number of amides is 1. The van der Waals surface area contributed by atoms with E-state index in [1.165, 1.54) is 0 Å². The number of rotatable bonds is 4. The van der Waals surface area contributed by atoms with Gasteiger partial charge < -0.3 is 20.7 Å². The van der Waals surface area contributed by atoms with E-state index >= 15 is 0 Å². The van der Waals surface area contributed by atoms with E-state index in [4.69, 9.17) is 10.5 Å². The van der Waals surface area contributed by atoms with Gasteiger partial charge in [-0.15, -0.1) is 0 Å². The molecule has 2 aliphatic heterocycles. The second kappa shape index (κ2) is 7.15. The maximum absolute atomic E-state index is 11.1. The molecular formula is C18H29N5O2. The summed E-state index contributed by atoms with van der Waals surface area (Å²) in [7, 11) is 0. The van der Waals surface area contributed by atoms with Crippen LogP contribution in [0.25, 0.3) is 0 Å². The van der Waals surface area contributed by atoms with Crippen LogP contribution in [0.5, 0.6) is 0 Å². The Morgan fingerprint density at radius 1 is 1.36 bits per heavy atom. The van der Waals surface area contributed by atoms with Crippen LogP contribution >= 0.6 is 0 Å². The van der Waals surface area contributed by atoms with Crippen molar-refractivity contribution < 1.29 is 9.53 Å². The van der Waals surface area contributed by atoms with Crippen LogP contribution in [0, 0.1) is 6.92 Å². The average Bonchev–Trinajstić information content (AvgIpc) is 2.98. The van der Waals surface area contributed by atoms with Crippen molar-refractivity contribution in [1.82, 2.24) is 15.3 Å². The smallest absolute Gasteiger partial charge is 0.222 e. The van der Waals surface area contributed by atoms with Crippen molar-refractivity contribution >= 4 is 17.7 Å². The van der Waals surface area contributed by atoms with Crippen LogP contribution in [0.2, 0.25) is 0 Å². The Kier molecular flexibility index (Phi) is 5.13. The number of ether oxygens (including phenoxy) is 1. The first kappa shape index (κ1) is 17.9. The van der Waals surface area contributed by atoms with E-state index in [9.17, 15) is 4.79 Å². The Hall–Kier alpha value is -1.89. The van der Waals surface area contributed by atoms with Gasteiger partial charge in [-0.3, -0.25) is 4.79 Å². The molecule has 1 atom stereocenters. The zero-order valence-electron chi connectivity index (χ0n) is 15.5. The summed E-state index contributed by atoms with van der Waals surface area (Å²) >= 11 is 0. The van der Waals surface area contributed by atoms with Crippen molar-refractivity contribution in [3.05, 3.63) is 11.3 Å². The van der Waals surface area contributed by atoms with Crippen molar-refractivity contribution in [2.75, 3.05) is 30.3 Å². The molecule has 7 nitrogen and oxygen atoms in total. The van der Waals surface area contributed by atoms with E-state index in [1.54, 1.807) is 6.92 Å². The Balaban J connectivity index is 1.63. The molecular weight excluding hydrogens is 318 g/mol. The lowest BCUT2D eigenvalue weighted by atomic mass is 9.88. The molecule has 1 amide bonds. The van der Waals surface area contributed by atoms with Crippen molar-refractivity contribution in [3.8, 4) is 0 Å². The van der Waals surface area contributed by atoms with Gasteiger partial charge in [0.1, 0.15) is 5.82 Å². The monoisotopic (exact) mass is 347 g/mol. The van der Waals surface area contributed by atoms with Gasteiger partial charge in [0.15, 0.2) is 0 Å². The molecule has 2 aliphatic rings. The highest BCUT2D eigenvalue weighted by Crippen LogP contribution is 2.40. The molecule has 25 heavy (non-hydrogen) atoms. The SMILES string of the molecule is CCc1nc(N)nc(N2CCC3(CC[C@@H](CNC(C)=O)O3)CC2)c1C. The van der Waals surface area contributed by atoms with Crippen LogP contribution in [0.15, 0.2) is 0 Å². The maximum Gasteiger partial charge on any atom is 0.222 e. The molecule has 0 radical (unpaired) electrons. The topological polar surface area (TPSA) is 93.4 Å². The summed E-state index contributed by atoms with van der Waals surface area (Å²) in [6.45, 7) is 8.14. The van der Waals surface area contributed by atoms with Gasteiger partial charge in [0, 0.05) is 32.1 Å². The Labute approximate surface area is 149 Å². The van der Waals surface area contributed by atoms with Gasteiger partial charge in [0.2, 0.25) is 11.9 Å². The zero-order chi connectivity index (χ0) is 18.0. The molecule has 2 fully saturated rings. The van der Waals surface area contributed by atoms with Gasteiger partial charge in [-0.05, 0) is 39.0 Å². The molecule has 0 aromatic carbocycles. The van der Waals surface area contributed by atoms with Gasteiger partial charge in [0.05, 0.1) is 17.4 Å². The molecule has 0 aliphatic carbocycles. The molecule has 0 saturated carbocycles. The van der Waals surface area contributed by atoms with E-state index in [0.717, 1.165) is 62.3 Å². The molecule has 1 aromatic heterocycles. The highest BCUT2D eigenvalue weighted by Gasteiger charge is 2.42. The number of nitrogens with two attached hydrogens (primary N) is 1. The second-order valence-electron chi connectivity index (χ2n) is 7.22. The maximum atomic E-state index is 11.1. The van der Waals surface area contributed by atoms with Gasteiger partial charge in [-0.2, -0.15) is 4.98 Å². The Morgan fingerprint density at radius 2 is 2.08 bits per heavy atom. The summed E-state index contributed by atoms with van der Waals surface area (Å²) in [4.78, 5) is 22.2. The number of anilines is 2. The Morgan fingerprint density at radius 3 is 2.72 bits per heavy atom. The van der Waals surface area contributed by atoms with E-state index in [0.29, 0.717) is 12.5 Å². The quantitative estimate of drug-likeness (QED) is 0.859. The van der Waals surface area contributed by atoms with Gasteiger partial charge in [-0.25, -0.2) is 4.98 Å². The highest BCUT2D eigenvalue weighted by molar-refractivity contribution is 5.72. The number of aryl methyl sites for hydroxylation is 1. The minimum Gasteiger partial charge on any atom is -0.370 e. The van der Waals surface area contributed by atoms with Crippen LogP contribution in [0.3, 0.4) is 0 Å². The molecule has 2 saturated heterocycles. The molecule has 3 heterocycles. The van der Waals surface area contributed by atoms with E-state index in [1.807, 2.05) is 0 Å². The number of nitrogens with one attached hydrogen (secondary N) is 1. The summed E-state index contributed by atoms with van der Waals surface area (Å²) in [6.07, 6.45) is 5.04. The highest BCUT2D eigenvalue weighted by atomic mass is 16.5. The van der Waals surface area contributed by atoms with Gasteiger partial charge in [-0.1, -0.05) is 6.92 Å². The number of piperidine rings is 1. The minimum absolute atomic E-state index is 0.00271. The lowest BCUT2D eigenvalue weighted by molar-refractivity contribution is -0.120. The molecule has 138 valence electrons. The molecule has 3 rings (SSSR count). The third-order valence-electron chi connectivity index (χ3n) is 5.46. The predicted octanol–water partition coefficient (Wildman–Crippen LogP) is 1.58. The standard InChI is InChI=1S/C18H29N5O2/c1-4-15-12(2)16(22-17(19)21-15)23-9-7-18(8-10-23)6-5-14(25-18)11-20-13(3)24/h14H,4-11H2,1-3H3,(H,20,24)(H2,19,21,22)/t14-/m0/s1. The first-order chi connectivity index (χ1) is 11.9. The zero-order valence-corrected chi connectivity index (χ0v) is 15.5. The van der Waals surface area contributed by atoms with E-state index in [-0.39, 0.29) is 17.6 Å². The summed E-state index contributed by atoms with van der Waals surface area (Å²) in [6, 6.07) is 0. The molecule has 7 heteroatoms. The lowest BCUT2D eigenvalue weighted by Gasteiger charge is -2.40. The predicted molar refractivity (Wildman–Crippen MR) is 97.5 cm³/mol. The molecule has 0 bridgehead atoms. The minimum atomic E-state index is -0.0420. The number of hydrogen-bond donors (Lipinski definition) is 2. The summed E-state index contributed by atoms with van der Waals surface area (Å²) in [5.41, 5.74) is 8.00. The average molecular weight is 347 g/mol. The molecule has 0 unspecified atom stereocenters. The third-order valence-corrected chi connectivity index (χ3v) is 5.46. The largest absolute Gasteiger partial charge is 0.370 e. The van der Waals surface area contributed by atoms with Crippen molar-refractivity contribution in [3.63, 3.8) is 0 Å². The fraction of sp³-hybridized carbons (Fsp3) is 0.722. The summed E-state index contributed by atoms with van der Waals surface area (Å²) in [5.74, 6) is 1.32. The van der Waals surface area contributed by atoms with Crippen LogP contribution < -0.4 is 16.0 Å². The first-order valence-electron chi connectivity index (χ1n) is 9.22. The lowest BCUT2D eigenvalue weighted by Crippen LogP contribution is -2.45. The van der Waals surface area contributed by atoms with Crippen molar-refractivity contribution in [2.24, 2.45) is 0 Å². The van der Waals surface area contributed by atoms with Gasteiger partial charge >= 0.3 is 0 Å². The van der Waals surface area contributed by atoms with E-state index in [2.05, 4.69) is 34.0 Å². The van der Waals surface area contributed by atoms with Crippen LogP contribution in [-0.2, 0) is 16.0 Å². The van der Waals surface area contributed by atoms with Crippen LogP contribution in [-0.4, -0.2) is 47.2 Å². The second-order valence-corrected chi connectivity index (χ2v) is 7.22. The molecule has 1 aromatic rings. The van der Waals surface area contributed by atoms with E-state index < -0.39 is 0 Å². The number of nitrogen functional groups attached to an aromatic ring is 1. The third kappa shape index (κ3) is 3.86. The van der Waals surface area contributed by atoms with Crippen molar-refractivity contribution in [2.45, 2.75) is 64.6 Å². The first-order valence-corrected chi connectivity index (χ1v) is 9.22. The fourth-order valence-electron chi connectivity index (χ4n) is 4.01. The number of aromatic nitrogens is 2. The fourth-order valence-corrected chi connectivity index (χ4v) is 4.01. The number of nitrogens with zero attached hydrogens (tertiary/aromatic N) is 3. The number of hydrogen-bond acceptors (Lipinski definition) is 6. The summed E-state index contributed by atoms with van der Waals surface area (Å²) < 4.78 is 6.32. The number of carbonyl (C=O) groups excluding carboxylic acids is 1. The van der Waals surface area contributed by atoms with Gasteiger partial charge in [0.25, 0.3) is 0 Å². The Bertz CT molecular complexity index is 641. The molecule has 1 spiro atoms. The van der Waals surface area contributed by atoms with Crippen molar-refractivity contribution in [1.29, 1.82) is 0 Å².